The molecule has 24 heavy (non-hydrogen) atoms. The van der Waals surface area contributed by atoms with Gasteiger partial charge in [0.15, 0.2) is 6.23 Å². The highest BCUT2D eigenvalue weighted by molar-refractivity contribution is 5.89. The van der Waals surface area contributed by atoms with Crippen LogP contribution in [0, 0.1) is 0 Å². The van der Waals surface area contributed by atoms with Crippen LogP contribution < -0.4 is 16.5 Å². The first kappa shape index (κ1) is 16.9. The lowest BCUT2D eigenvalue weighted by Crippen LogP contribution is -2.62. The number of ether oxygens (including phenoxy) is 1. The number of likely N-dealkylation sites (tertiary alicyclic amines) is 1. The van der Waals surface area contributed by atoms with Crippen molar-refractivity contribution in [1.29, 1.82) is 0 Å². The summed E-state index contributed by atoms with van der Waals surface area (Å²) in [7, 11) is 0. The number of carbonyl (C=O) groups is 1. The Hall–Kier alpha value is -1.92. The van der Waals surface area contributed by atoms with Gasteiger partial charge in [0.1, 0.15) is 0 Å². The first-order valence-corrected chi connectivity index (χ1v) is 8.72. The van der Waals surface area contributed by atoms with Crippen LogP contribution in [0.4, 0.5) is 0 Å². The Morgan fingerprint density at radius 2 is 2.00 bits per heavy atom. The quantitative estimate of drug-likeness (QED) is 0.399. The lowest BCUT2D eigenvalue weighted by Gasteiger charge is -2.50. The fourth-order valence-corrected chi connectivity index (χ4v) is 3.86. The Bertz CT molecular complexity index is 578. The summed E-state index contributed by atoms with van der Waals surface area (Å²) in [5.41, 5.74) is 6.90. The molecule has 1 aromatic carbocycles. The molecular weight excluding hydrogens is 304 g/mol. The Labute approximate surface area is 142 Å². The average Bonchev–Trinajstić information content (AvgIpc) is 2.60. The Kier molecular flexibility index (Phi) is 5.16. The van der Waals surface area contributed by atoms with Crippen molar-refractivity contribution in [3.8, 4) is 0 Å². The van der Waals surface area contributed by atoms with Gasteiger partial charge < -0.3 is 15.0 Å². The van der Waals surface area contributed by atoms with Gasteiger partial charge in [-0.1, -0.05) is 18.2 Å². The predicted molar refractivity (Wildman–Crippen MR) is 91.9 cm³/mol. The Balaban J connectivity index is 1.66. The third-order valence-electron chi connectivity index (χ3n) is 5.14. The number of nitrogens with zero attached hydrogens (tertiary/aromatic N) is 1. The molecule has 0 radical (unpaired) electrons. The van der Waals surface area contributed by atoms with Crippen LogP contribution in [0.2, 0.25) is 0 Å². The minimum atomic E-state index is -0.626. The first-order chi connectivity index (χ1) is 11.6. The van der Waals surface area contributed by atoms with Crippen molar-refractivity contribution in [1.82, 2.24) is 10.2 Å². The molecule has 1 atom stereocenters. The van der Waals surface area contributed by atoms with E-state index in [-0.39, 0.29) is 11.4 Å². The van der Waals surface area contributed by atoms with Crippen LogP contribution in [-0.4, -0.2) is 48.1 Å². The molecule has 6 nitrogen and oxygen atoms in total. The summed E-state index contributed by atoms with van der Waals surface area (Å²) in [5.74, 6) is 0.479. The summed E-state index contributed by atoms with van der Waals surface area (Å²) in [5, 5.41) is 9.38. The second-order valence-electron chi connectivity index (χ2n) is 6.72. The Morgan fingerprint density at radius 3 is 2.71 bits per heavy atom. The first-order valence-electron chi connectivity index (χ1n) is 8.72. The lowest BCUT2D eigenvalue weighted by atomic mass is 9.79. The van der Waals surface area contributed by atoms with Crippen molar-refractivity contribution in [2.45, 2.75) is 43.9 Å². The van der Waals surface area contributed by atoms with Gasteiger partial charge in [-0.25, -0.2) is 5.41 Å². The largest absolute Gasteiger partial charge is 0.424 e. The molecule has 1 unspecified atom stereocenters. The van der Waals surface area contributed by atoms with Gasteiger partial charge in [0.2, 0.25) is 5.91 Å². The smallest absolute Gasteiger partial charge is 0.368 e. The zero-order valence-electron chi connectivity index (χ0n) is 14.0. The minimum absolute atomic E-state index is 0.0664. The standard InChI is InChI=1S/C18H26N4O2/c19-15(24-17(20)14-5-2-1-3-6-14)13-22-16(23)7-4-8-18(22)9-11-21-12-10-18/h1-3,5-6,15,20-21H,4,7-13,19H2/p+1. The number of amides is 1. The SMILES string of the molecule is NC(CN1C(=O)CCCC12CCNCC2)OC(=[NH2+])c1ccccc1. The van der Waals surface area contributed by atoms with Crippen molar-refractivity contribution in [2.24, 2.45) is 5.73 Å². The number of benzene rings is 1. The van der Waals surface area contributed by atoms with E-state index in [4.69, 9.17) is 15.9 Å². The van der Waals surface area contributed by atoms with E-state index in [2.05, 4.69) is 5.32 Å². The van der Waals surface area contributed by atoms with Gasteiger partial charge in [-0.15, -0.1) is 0 Å². The maximum Gasteiger partial charge on any atom is 0.368 e. The van der Waals surface area contributed by atoms with Crippen molar-refractivity contribution in [2.75, 3.05) is 19.6 Å². The fourth-order valence-electron chi connectivity index (χ4n) is 3.86. The molecule has 2 aliphatic rings. The number of carbonyl (C=O) groups excluding carboxylic acids is 1. The molecule has 0 aliphatic carbocycles. The van der Waals surface area contributed by atoms with Crippen LogP contribution in [0.1, 0.15) is 37.7 Å². The molecule has 1 spiro atoms. The maximum absolute atomic E-state index is 12.5. The zero-order valence-corrected chi connectivity index (χ0v) is 14.0. The molecule has 3 rings (SSSR count). The van der Waals surface area contributed by atoms with Crippen molar-refractivity contribution >= 4 is 11.8 Å². The van der Waals surface area contributed by atoms with E-state index in [1.165, 1.54) is 0 Å². The molecule has 1 aromatic rings. The topological polar surface area (TPSA) is 93.2 Å². The number of nitrogens with one attached hydrogen (secondary N) is 1. The molecule has 2 aliphatic heterocycles. The minimum Gasteiger partial charge on any atom is -0.424 e. The molecule has 0 saturated carbocycles. The summed E-state index contributed by atoms with van der Waals surface area (Å²) >= 11 is 0. The van der Waals surface area contributed by atoms with Crippen molar-refractivity contribution < 1.29 is 14.9 Å². The van der Waals surface area contributed by atoms with Gasteiger partial charge in [-0.05, 0) is 50.9 Å². The van der Waals surface area contributed by atoms with Gasteiger partial charge >= 0.3 is 5.90 Å². The van der Waals surface area contributed by atoms with Crippen molar-refractivity contribution in [3.63, 3.8) is 0 Å². The Morgan fingerprint density at radius 1 is 1.29 bits per heavy atom. The highest BCUT2D eigenvalue weighted by atomic mass is 16.5. The molecule has 6 heteroatoms. The number of hydrogen-bond donors (Lipinski definition) is 3. The van der Waals surface area contributed by atoms with Crippen LogP contribution in [0.15, 0.2) is 30.3 Å². The average molecular weight is 331 g/mol. The van der Waals surface area contributed by atoms with Gasteiger partial charge in [-0.3, -0.25) is 10.5 Å². The fraction of sp³-hybridized carbons (Fsp3) is 0.556. The molecule has 5 N–H and O–H groups in total. The van der Waals surface area contributed by atoms with E-state index >= 15 is 0 Å². The lowest BCUT2D eigenvalue weighted by molar-refractivity contribution is -0.154. The predicted octanol–water partition coefficient (Wildman–Crippen LogP) is -0.372. The normalized spacial score (nSPS) is 21.5. The number of nitrogens with two attached hydrogens (primary N) is 2. The summed E-state index contributed by atoms with van der Waals surface area (Å²) in [6, 6.07) is 9.47. The molecular formula is C18H27N4O2+. The third-order valence-corrected chi connectivity index (χ3v) is 5.14. The molecule has 0 bridgehead atoms. The highest BCUT2D eigenvalue weighted by Crippen LogP contribution is 2.36. The monoisotopic (exact) mass is 331 g/mol. The maximum atomic E-state index is 12.5. The van der Waals surface area contributed by atoms with Crippen LogP contribution in [0.3, 0.4) is 0 Å². The molecule has 130 valence electrons. The number of rotatable bonds is 4. The molecule has 2 heterocycles. The highest BCUT2D eigenvalue weighted by Gasteiger charge is 2.43. The second-order valence-corrected chi connectivity index (χ2v) is 6.72. The van der Waals surface area contributed by atoms with Crippen LogP contribution >= 0.6 is 0 Å². The zero-order chi connectivity index (χ0) is 17.0. The van der Waals surface area contributed by atoms with Crippen LogP contribution in [-0.2, 0) is 9.53 Å². The molecule has 2 fully saturated rings. The summed E-state index contributed by atoms with van der Waals surface area (Å²) in [4.78, 5) is 14.5. The van der Waals surface area contributed by atoms with E-state index in [1.807, 2.05) is 35.2 Å². The van der Waals surface area contributed by atoms with Crippen molar-refractivity contribution in [3.05, 3.63) is 35.9 Å². The van der Waals surface area contributed by atoms with Crippen LogP contribution in [0.5, 0.6) is 0 Å². The molecule has 2 saturated heterocycles. The van der Waals surface area contributed by atoms with Crippen LogP contribution in [0.25, 0.3) is 0 Å². The number of piperidine rings is 2. The van der Waals surface area contributed by atoms with Gasteiger partial charge in [0, 0.05) is 12.0 Å². The molecule has 1 amide bonds. The van der Waals surface area contributed by atoms with E-state index in [9.17, 15) is 4.79 Å². The summed E-state index contributed by atoms with van der Waals surface area (Å²) in [6.07, 6.45) is 3.93. The second kappa shape index (κ2) is 7.32. The van der Waals surface area contributed by atoms with Gasteiger partial charge in [0.05, 0.1) is 12.1 Å². The van der Waals surface area contributed by atoms with E-state index < -0.39 is 6.23 Å². The van der Waals surface area contributed by atoms with Gasteiger partial charge in [0.25, 0.3) is 0 Å². The summed E-state index contributed by atoms with van der Waals surface area (Å²) in [6.45, 7) is 2.27. The van der Waals surface area contributed by atoms with Gasteiger partial charge in [-0.2, -0.15) is 0 Å². The molecule has 0 aromatic heterocycles. The number of hydrogen-bond acceptors (Lipinski definition) is 4. The van der Waals surface area contributed by atoms with E-state index in [0.29, 0.717) is 18.9 Å². The van der Waals surface area contributed by atoms with E-state index in [0.717, 1.165) is 44.3 Å². The van der Waals surface area contributed by atoms with E-state index in [1.54, 1.807) is 0 Å². The summed E-state index contributed by atoms with van der Waals surface area (Å²) < 4.78 is 5.68. The third kappa shape index (κ3) is 3.60.